The second-order valence-electron chi connectivity index (χ2n) is 8.06. The molecule has 2 saturated heterocycles. The lowest BCUT2D eigenvalue weighted by Gasteiger charge is -2.29. The van der Waals surface area contributed by atoms with Gasteiger partial charge in [0, 0.05) is 10.2 Å². The Kier molecular flexibility index (Phi) is 4.96. The zero-order valence-corrected chi connectivity index (χ0v) is 19.1. The Labute approximate surface area is 193 Å². The van der Waals surface area contributed by atoms with Crippen molar-refractivity contribution in [2.45, 2.75) is 18.6 Å². The monoisotopic (exact) mass is 497 g/mol. The highest BCUT2D eigenvalue weighted by Gasteiger charge is 2.67. The highest BCUT2D eigenvalue weighted by Crippen LogP contribution is 2.52. The molecule has 6 nitrogen and oxygen atoms in total. The summed E-state index contributed by atoms with van der Waals surface area (Å²) >= 11 is 8.83. The summed E-state index contributed by atoms with van der Waals surface area (Å²) < 4.78 is 7.13. The number of ether oxygens (including phenoxy) is 1. The van der Waals surface area contributed by atoms with E-state index >= 15 is 0 Å². The molecule has 2 fully saturated rings. The number of imide groups is 1. The highest BCUT2D eigenvalue weighted by molar-refractivity contribution is 9.10. The number of rotatable bonds is 4. The maximum Gasteiger partial charge on any atom is 0.241 e. The van der Waals surface area contributed by atoms with Gasteiger partial charge in [0.05, 0.1) is 30.2 Å². The van der Waals surface area contributed by atoms with E-state index in [0.717, 1.165) is 15.7 Å². The van der Waals surface area contributed by atoms with E-state index in [1.165, 1.54) is 4.90 Å². The molecule has 5 rings (SSSR count). The van der Waals surface area contributed by atoms with Crippen molar-refractivity contribution in [1.82, 2.24) is 5.32 Å². The fourth-order valence-corrected chi connectivity index (χ4v) is 5.04. The number of aryl methyl sites for hydroxylation is 1. The number of amides is 2. The van der Waals surface area contributed by atoms with Gasteiger partial charge in [-0.25, -0.2) is 4.90 Å². The molecule has 2 aromatic carbocycles. The maximum atomic E-state index is 13.4. The number of halogens is 1. The van der Waals surface area contributed by atoms with Crippen LogP contribution in [0.25, 0.3) is 0 Å². The fraction of sp³-hybridized carbons (Fsp3) is 0.261. The third-order valence-corrected chi connectivity index (χ3v) is 6.85. The predicted molar refractivity (Wildman–Crippen MR) is 126 cm³/mol. The van der Waals surface area contributed by atoms with Crippen LogP contribution in [0.1, 0.15) is 5.56 Å². The van der Waals surface area contributed by atoms with Crippen LogP contribution in [0.3, 0.4) is 0 Å². The Hall–Kier alpha value is -2.55. The number of nitrogens with one attached hydrogen (secondary N) is 2. The van der Waals surface area contributed by atoms with Crippen LogP contribution in [0.2, 0.25) is 0 Å². The van der Waals surface area contributed by atoms with E-state index < -0.39 is 23.5 Å². The standard InChI is InChI=1S/C23H20BrN3O3S/c1-13-2-8-16(9-3-13)27-20(28)18-17-10-11-23(30-17,19(18)21(27)29)12-25-22(31)26-15-6-4-14(24)5-7-15/h2-11,17-19H,12H2,1H3,(H2,25,26,31)/t17-,18-,19-,23+/m1/s1. The Morgan fingerprint density at radius 2 is 1.84 bits per heavy atom. The molecule has 0 saturated carbocycles. The van der Waals surface area contributed by atoms with Gasteiger partial charge in [-0.3, -0.25) is 9.59 Å². The molecule has 3 heterocycles. The number of hydrogen-bond acceptors (Lipinski definition) is 4. The number of thiocarbonyl (C=S) groups is 1. The third-order valence-electron chi connectivity index (χ3n) is 6.07. The first-order valence-corrected chi connectivity index (χ1v) is 11.2. The van der Waals surface area contributed by atoms with Gasteiger partial charge >= 0.3 is 0 Å². The van der Waals surface area contributed by atoms with Crippen LogP contribution in [-0.2, 0) is 14.3 Å². The van der Waals surface area contributed by atoms with Crippen LogP contribution in [0.15, 0.2) is 65.2 Å². The summed E-state index contributed by atoms with van der Waals surface area (Å²) in [5, 5.41) is 6.72. The molecule has 2 aromatic rings. The molecule has 4 atom stereocenters. The first kappa shape index (κ1) is 20.4. The SMILES string of the molecule is Cc1ccc(N2C(=O)[C@@H]3[C@H]4C=C[C@@](CNC(=S)Nc5ccc(Br)cc5)(O4)[C@H]3C2=O)cc1. The smallest absolute Gasteiger partial charge is 0.241 e. The Balaban J connectivity index is 1.33. The number of anilines is 2. The number of hydrogen-bond donors (Lipinski definition) is 2. The van der Waals surface area contributed by atoms with Gasteiger partial charge in [0.1, 0.15) is 5.60 Å². The third kappa shape index (κ3) is 3.39. The van der Waals surface area contributed by atoms with Crippen LogP contribution >= 0.6 is 28.1 Å². The summed E-state index contributed by atoms with van der Waals surface area (Å²) in [4.78, 5) is 27.8. The van der Waals surface area contributed by atoms with Crippen LogP contribution in [0.4, 0.5) is 11.4 Å². The zero-order valence-electron chi connectivity index (χ0n) is 16.7. The molecule has 2 amide bonds. The average Bonchev–Trinajstić information content (AvgIpc) is 3.40. The van der Waals surface area contributed by atoms with Crippen molar-refractivity contribution in [1.29, 1.82) is 0 Å². The lowest BCUT2D eigenvalue weighted by atomic mass is 9.77. The molecular formula is C23H20BrN3O3S. The van der Waals surface area contributed by atoms with Gasteiger partial charge in [-0.05, 0) is 55.5 Å². The van der Waals surface area contributed by atoms with E-state index in [1.54, 1.807) is 0 Å². The number of carbonyl (C=O) groups is 2. The summed E-state index contributed by atoms with van der Waals surface area (Å²) in [5.41, 5.74) is 1.62. The van der Waals surface area contributed by atoms with E-state index in [0.29, 0.717) is 17.3 Å². The minimum atomic E-state index is -0.896. The van der Waals surface area contributed by atoms with Crippen LogP contribution in [0, 0.1) is 18.8 Å². The quantitative estimate of drug-likeness (QED) is 0.382. The number of nitrogens with zero attached hydrogens (tertiary/aromatic N) is 1. The van der Waals surface area contributed by atoms with E-state index in [4.69, 9.17) is 17.0 Å². The van der Waals surface area contributed by atoms with Gasteiger partial charge in [0.15, 0.2) is 5.11 Å². The van der Waals surface area contributed by atoms with Crippen LogP contribution in [0.5, 0.6) is 0 Å². The van der Waals surface area contributed by atoms with E-state index in [1.807, 2.05) is 67.6 Å². The van der Waals surface area contributed by atoms with Crippen LogP contribution in [-0.4, -0.2) is 35.2 Å². The maximum absolute atomic E-state index is 13.4. The summed E-state index contributed by atoms with van der Waals surface area (Å²) in [6.45, 7) is 2.26. The minimum absolute atomic E-state index is 0.203. The summed E-state index contributed by atoms with van der Waals surface area (Å²) in [7, 11) is 0. The molecule has 0 aliphatic carbocycles. The van der Waals surface area contributed by atoms with Gasteiger partial charge in [0.2, 0.25) is 11.8 Å². The average molecular weight is 498 g/mol. The fourth-order valence-electron chi connectivity index (χ4n) is 4.58. The zero-order chi connectivity index (χ0) is 21.8. The molecule has 158 valence electrons. The molecule has 3 aliphatic heterocycles. The minimum Gasteiger partial charge on any atom is -0.360 e. The predicted octanol–water partition coefficient (Wildman–Crippen LogP) is 3.56. The summed E-state index contributed by atoms with van der Waals surface area (Å²) in [5.74, 6) is -1.50. The topological polar surface area (TPSA) is 70.7 Å². The van der Waals surface area contributed by atoms with E-state index in [9.17, 15) is 9.59 Å². The molecule has 0 unspecified atom stereocenters. The Morgan fingerprint density at radius 3 is 2.55 bits per heavy atom. The molecule has 3 aliphatic rings. The van der Waals surface area contributed by atoms with Gasteiger partial charge in [0.25, 0.3) is 0 Å². The molecule has 0 spiro atoms. The molecule has 0 aromatic heterocycles. The highest BCUT2D eigenvalue weighted by atomic mass is 79.9. The molecule has 2 N–H and O–H groups in total. The second kappa shape index (κ2) is 7.55. The summed E-state index contributed by atoms with van der Waals surface area (Å²) in [6.07, 6.45) is 3.39. The van der Waals surface area contributed by atoms with Gasteiger partial charge in [-0.15, -0.1) is 0 Å². The van der Waals surface area contributed by atoms with E-state index in [2.05, 4.69) is 26.6 Å². The number of benzene rings is 2. The lowest BCUT2D eigenvalue weighted by Crippen LogP contribution is -2.49. The molecule has 8 heteroatoms. The molecule has 2 bridgehead atoms. The molecule has 31 heavy (non-hydrogen) atoms. The van der Waals surface area contributed by atoms with Gasteiger partial charge in [-0.1, -0.05) is 45.8 Å². The largest absolute Gasteiger partial charge is 0.360 e. The van der Waals surface area contributed by atoms with Crippen molar-refractivity contribution in [2.24, 2.45) is 11.8 Å². The Bertz CT molecular complexity index is 1100. The normalized spacial score (nSPS) is 28.2. The first-order valence-electron chi connectivity index (χ1n) is 10.00. The summed E-state index contributed by atoms with van der Waals surface area (Å²) in [6, 6.07) is 15.1. The number of carbonyl (C=O) groups excluding carboxylic acids is 2. The van der Waals surface area contributed by atoms with Crippen LogP contribution < -0.4 is 15.5 Å². The van der Waals surface area contributed by atoms with Crippen molar-refractivity contribution < 1.29 is 14.3 Å². The van der Waals surface area contributed by atoms with Crippen molar-refractivity contribution in [3.63, 3.8) is 0 Å². The lowest BCUT2D eigenvalue weighted by molar-refractivity contribution is -0.126. The van der Waals surface area contributed by atoms with Gasteiger partial charge in [-0.2, -0.15) is 0 Å². The first-order chi connectivity index (χ1) is 14.9. The Morgan fingerprint density at radius 1 is 1.13 bits per heavy atom. The number of fused-ring (bicyclic) bond motifs is 5. The van der Waals surface area contributed by atoms with Crippen molar-refractivity contribution in [2.75, 3.05) is 16.8 Å². The van der Waals surface area contributed by atoms with Gasteiger partial charge < -0.3 is 15.4 Å². The van der Waals surface area contributed by atoms with Crippen molar-refractivity contribution >= 4 is 56.4 Å². The van der Waals surface area contributed by atoms with E-state index in [-0.39, 0.29) is 11.8 Å². The molecular weight excluding hydrogens is 478 g/mol. The second-order valence-corrected chi connectivity index (χ2v) is 9.39. The van der Waals surface area contributed by atoms with Crippen molar-refractivity contribution in [3.8, 4) is 0 Å². The molecule has 0 radical (unpaired) electrons. The van der Waals surface area contributed by atoms with Crippen molar-refractivity contribution in [3.05, 3.63) is 70.7 Å².